The summed E-state index contributed by atoms with van der Waals surface area (Å²) in [6, 6.07) is 0. The maximum absolute atomic E-state index is 10.1. The molecule has 9 heteroatoms. The highest BCUT2D eigenvalue weighted by atomic mass is 127. The van der Waals surface area contributed by atoms with Crippen molar-refractivity contribution in [1.82, 2.24) is 19.5 Å². The number of imidazole rings is 1. The molecule has 2 aromatic rings. The second-order valence-corrected chi connectivity index (χ2v) is 5.09. The van der Waals surface area contributed by atoms with Crippen molar-refractivity contribution in [1.29, 1.82) is 0 Å². The Bertz CT molecular complexity index is 661. The van der Waals surface area contributed by atoms with Crippen molar-refractivity contribution in [2.24, 2.45) is 0 Å². The highest BCUT2D eigenvalue weighted by Crippen LogP contribution is 2.32. The van der Waals surface area contributed by atoms with Crippen molar-refractivity contribution in [3.8, 4) is 0 Å². The first-order valence-electron chi connectivity index (χ1n) is 5.85. The van der Waals surface area contributed by atoms with E-state index in [4.69, 9.17) is 10.5 Å². The molecule has 1 aliphatic rings. The SMILES string of the molecule is Nc1ncnc2c1ncn2[C@H]1O[C@@H](/C=C/I)[C@H](O)[C@@H]1O. The third-order valence-electron chi connectivity index (χ3n) is 3.20. The minimum atomic E-state index is -1.08. The maximum atomic E-state index is 10.1. The summed E-state index contributed by atoms with van der Waals surface area (Å²) in [5.74, 6) is 0.255. The van der Waals surface area contributed by atoms with Crippen molar-refractivity contribution < 1.29 is 14.9 Å². The molecule has 4 N–H and O–H groups in total. The number of aliphatic hydroxyl groups is 2. The quantitative estimate of drug-likeness (QED) is 0.618. The zero-order valence-electron chi connectivity index (χ0n) is 10.2. The van der Waals surface area contributed by atoms with E-state index in [1.807, 2.05) is 22.6 Å². The average molecular weight is 389 g/mol. The van der Waals surface area contributed by atoms with Crippen molar-refractivity contribution >= 4 is 39.6 Å². The number of anilines is 1. The van der Waals surface area contributed by atoms with Gasteiger partial charge in [0.25, 0.3) is 0 Å². The van der Waals surface area contributed by atoms with E-state index in [9.17, 15) is 10.2 Å². The number of aliphatic hydroxyl groups excluding tert-OH is 2. The zero-order valence-corrected chi connectivity index (χ0v) is 12.3. The zero-order chi connectivity index (χ0) is 14.3. The van der Waals surface area contributed by atoms with Gasteiger partial charge >= 0.3 is 0 Å². The minimum absolute atomic E-state index is 0.255. The lowest BCUT2D eigenvalue weighted by Gasteiger charge is -2.16. The first-order chi connectivity index (χ1) is 9.63. The third kappa shape index (κ3) is 2.06. The molecule has 4 atom stereocenters. The van der Waals surface area contributed by atoms with Gasteiger partial charge in [0, 0.05) is 0 Å². The highest BCUT2D eigenvalue weighted by molar-refractivity contribution is 14.1. The van der Waals surface area contributed by atoms with Gasteiger partial charge in [0.15, 0.2) is 17.7 Å². The van der Waals surface area contributed by atoms with Crippen molar-refractivity contribution in [3.63, 3.8) is 0 Å². The van der Waals surface area contributed by atoms with Gasteiger partial charge < -0.3 is 20.7 Å². The second kappa shape index (κ2) is 5.24. The van der Waals surface area contributed by atoms with Gasteiger partial charge in [0.2, 0.25) is 0 Å². The Labute approximate surface area is 127 Å². The van der Waals surface area contributed by atoms with E-state index in [2.05, 4.69) is 15.0 Å². The van der Waals surface area contributed by atoms with E-state index < -0.39 is 24.5 Å². The van der Waals surface area contributed by atoms with Crippen LogP contribution in [-0.2, 0) is 4.74 Å². The van der Waals surface area contributed by atoms with Crippen molar-refractivity contribution in [2.75, 3.05) is 5.73 Å². The normalized spacial score (nSPS) is 30.6. The summed E-state index contributed by atoms with van der Waals surface area (Å²) in [7, 11) is 0. The van der Waals surface area contributed by atoms with Crippen LogP contribution in [0, 0.1) is 0 Å². The van der Waals surface area contributed by atoms with Gasteiger partial charge in [-0.3, -0.25) is 4.57 Å². The van der Waals surface area contributed by atoms with E-state index in [0.29, 0.717) is 11.2 Å². The number of ether oxygens (including phenoxy) is 1. The highest BCUT2D eigenvalue weighted by Gasteiger charge is 2.43. The minimum Gasteiger partial charge on any atom is -0.387 e. The standard InChI is InChI=1S/C11H12IN5O3/c12-2-1-5-7(18)8(19)11(20-5)17-4-16-6-9(13)14-3-15-10(6)17/h1-5,7-8,11,18-19H,(H2,13,14,15)/b2-1+/t5-,7-,8-,11-/m0/s1. The van der Waals surface area contributed by atoms with Crippen LogP contribution in [0.2, 0.25) is 0 Å². The number of nitrogen functional groups attached to an aromatic ring is 1. The Balaban J connectivity index is 2.02. The van der Waals surface area contributed by atoms with Crippen LogP contribution in [0.5, 0.6) is 0 Å². The molecule has 0 aliphatic carbocycles. The summed E-state index contributed by atoms with van der Waals surface area (Å²) < 4.78 is 8.92. The largest absolute Gasteiger partial charge is 0.387 e. The molecule has 0 saturated carbocycles. The van der Waals surface area contributed by atoms with Gasteiger partial charge in [-0.05, 0) is 10.2 Å². The van der Waals surface area contributed by atoms with Gasteiger partial charge in [-0.25, -0.2) is 15.0 Å². The summed E-state index contributed by atoms with van der Waals surface area (Å²) in [6.07, 6.45) is 1.01. The Hall–Kier alpha value is -1.30. The molecule has 1 fully saturated rings. The molecule has 1 aliphatic heterocycles. The number of nitrogens with zero attached hydrogens (tertiary/aromatic N) is 4. The fourth-order valence-electron chi connectivity index (χ4n) is 2.20. The lowest BCUT2D eigenvalue weighted by Crippen LogP contribution is -2.30. The molecule has 1 saturated heterocycles. The van der Waals surface area contributed by atoms with Gasteiger partial charge in [-0.15, -0.1) is 0 Å². The molecule has 20 heavy (non-hydrogen) atoms. The number of nitrogens with two attached hydrogens (primary N) is 1. The van der Waals surface area contributed by atoms with E-state index >= 15 is 0 Å². The molecular formula is C11H12IN5O3. The molecule has 0 unspecified atom stereocenters. The molecule has 106 valence electrons. The lowest BCUT2D eigenvalue weighted by atomic mass is 10.1. The second-order valence-electron chi connectivity index (χ2n) is 4.37. The van der Waals surface area contributed by atoms with Crippen LogP contribution in [-0.4, -0.2) is 48.0 Å². The molecule has 0 aromatic carbocycles. The van der Waals surface area contributed by atoms with Gasteiger partial charge in [-0.2, -0.15) is 0 Å². The van der Waals surface area contributed by atoms with Crippen LogP contribution in [0.4, 0.5) is 5.82 Å². The van der Waals surface area contributed by atoms with E-state index in [0.717, 1.165) is 0 Å². The smallest absolute Gasteiger partial charge is 0.167 e. The molecule has 0 radical (unpaired) electrons. The summed E-state index contributed by atoms with van der Waals surface area (Å²) >= 11 is 2.02. The first kappa shape index (κ1) is 13.7. The predicted octanol–water partition coefficient (Wildman–Crippen LogP) is -0.0236. The first-order valence-corrected chi connectivity index (χ1v) is 7.09. The van der Waals surface area contributed by atoms with E-state index in [1.54, 1.807) is 14.7 Å². The predicted molar refractivity (Wildman–Crippen MR) is 78.8 cm³/mol. The number of halogens is 1. The van der Waals surface area contributed by atoms with Crippen LogP contribution >= 0.6 is 22.6 Å². The molecule has 2 aromatic heterocycles. The third-order valence-corrected chi connectivity index (χ3v) is 3.61. The molecule has 0 bridgehead atoms. The molecular weight excluding hydrogens is 377 g/mol. The number of aromatic nitrogens is 4. The van der Waals surface area contributed by atoms with Crippen LogP contribution in [0.3, 0.4) is 0 Å². The van der Waals surface area contributed by atoms with Crippen LogP contribution < -0.4 is 5.73 Å². The number of rotatable bonds is 2. The lowest BCUT2D eigenvalue weighted by molar-refractivity contribution is -0.0244. The average Bonchev–Trinajstić information content (AvgIpc) is 2.97. The summed E-state index contributed by atoms with van der Waals surface area (Å²) in [5.41, 5.74) is 6.60. The molecule has 3 heterocycles. The Morgan fingerprint density at radius 3 is 2.85 bits per heavy atom. The van der Waals surface area contributed by atoms with Crippen LogP contribution in [0.25, 0.3) is 11.2 Å². The fraction of sp³-hybridized carbons (Fsp3) is 0.364. The number of fused-ring (bicyclic) bond motifs is 1. The molecule has 8 nitrogen and oxygen atoms in total. The van der Waals surface area contributed by atoms with Gasteiger partial charge in [-0.1, -0.05) is 22.6 Å². The monoisotopic (exact) mass is 389 g/mol. The summed E-state index contributed by atoms with van der Waals surface area (Å²) in [4.78, 5) is 12.1. The van der Waals surface area contributed by atoms with Crippen LogP contribution in [0.1, 0.15) is 6.23 Å². The van der Waals surface area contributed by atoms with E-state index in [1.165, 1.54) is 12.7 Å². The summed E-state index contributed by atoms with van der Waals surface area (Å²) in [5, 5.41) is 20.1. The Morgan fingerprint density at radius 1 is 1.30 bits per heavy atom. The number of hydrogen-bond acceptors (Lipinski definition) is 7. The van der Waals surface area contributed by atoms with Gasteiger partial charge in [0.05, 0.1) is 6.33 Å². The van der Waals surface area contributed by atoms with Crippen molar-refractivity contribution in [3.05, 3.63) is 22.8 Å². The van der Waals surface area contributed by atoms with Crippen LogP contribution in [0.15, 0.2) is 22.8 Å². The Morgan fingerprint density at radius 2 is 2.10 bits per heavy atom. The van der Waals surface area contributed by atoms with Crippen molar-refractivity contribution in [2.45, 2.75) is 24.5 Å². The molecule has 0 amide bonds. The Kier molecular flexibility index (Phi) is 3.58. The maximum Gasteiger partial charge on any atom is 0.167 e. The topological polar surface area (TPSA) is 119 Å². The number of hydrogen-bond donors (Lipinski definition) is 3. The van der Waals surface area contributed by atoms with Gasteiger partial charge in [0.1, 0.15) is 30.2 Å². The van der Waals surface area contributed by atoms with E-state index in [-0.39, 0.29) is 5.82 Å². The molecule has 0 spiro atoms. The molecule has 3 rings (SSSR count). The fourth-order valence-corrected chi connectivity index (χ4v) is 2.61. The summed E-state index contributed by atoms with van der Waals surface area (Å²) in [6.45, 7) is 0.